The number of ketones is 1. The maximum atomic E-state index is 13.0. The number of aromatic nitrogens is 1. The first-order valence-electron chi connectivity index (χ1n) is 8.75. The number of benzene rings is 2. The third kappa shape index (κ3) is 3.72. The first kappa shape index (κ1) is 19.1. The van der Waals surface area contributed by atoms with Crippen molar-refractivity contribution in [3.05, 3.63) is 99.7 Å². The van der Waals surface area contributed by atoms with Gasteiger partial charge in [0.25, 0.3) is 5.91 Å². The molecule has 0 radical (unpaired) electrons. The first-order valence-corrected chi connectivity index (χ1v) is 10.0. The highest BCUT2D eigenvalue weighted by Crippen LogP contribution is 2.42. The average Bonchev–Trinajstić information content (AvgIpc) is 3.34. The van der Waals surface area contributed by atoms with Crippen LogP contribution in [0.3, 0.4) is 0 Å². The third-order valence-corrected chi connectivity index (χ3v) is 5.50. The molecule has 1 N–H and O–H groups in total. The largest absolute Gasteiger partial charge is 0.503 e. The number of allylic oxidation sites excluding steroid dienone is 1. The summed E-state index contributed by atoms with van der Waals surface area (Å²) in [5.41, 5.74) is 1.45. The molecule has 0 spiro atoms. The predicted octanol–water partition coefficient (Wildman–Crippen LogP) is 4.98. The van der Waals surface area contributed by atoms with Gasteiger partial charge in [0, 0.05) is 16.6 Å². The van der Waals surface area contributed by atoms with Crippen molar-refractivity contribution in [3.63, 3.8) is 0 Å². The zero-order valence-electron chi connectivity index (χ0n) is 15.0. The van der Waals surface area contributed by atoms with Gasteiger partial charge in [-0.2, -0.15) is 0 Å². The van der Waals surface area contributed by atoms with Gasteiger partial charge in [0.2, 0.25) is 0 Å². The predicted molar refractivity (Wildman–Crippen MR) is 114 cm³/mol. The molecule has 7 heteroatoms. The number of nitrogens with zero attached hydrogens (tertiary/aromatic N) is 2. The number of amides is 1. The molecule has 1 amide bonds. The van der Waals surface area contributed by atoms with Gasteiger partial charge in [0.1, 0.15) is 0 Å². The smallest absolute Gasteiger partial charge is 0.296 e. The number of halogens is 1. The number of aliphatic hydroxyl groups is 1. The summed E-state index contributed by atoms with van der Waals surface area (Å²) in [6.45, 7) is 0. The van der Waals surface area contributed by atoms with E-state index in [2.05, 4.69) is 4.98 Å². The van der Waals surface area contributed by atoms with Crippen LogP contribution in [0.4, 0.5) is 5.13 Å². The maximum absolute atomic E-state index is 13.0. The fourth-order valence-electron chi connectivity index (χ4n) is 3.21. The number of aliphatic hydroxyl groups excluding tert-OH is 1. The Morgan fingerprint density at radius 1 is 1.17 bits per heavy atom. The number of carbonyl (C=O) groups excluding carboxylic acids is 2. The number of thiazole rings is 1. The highest BCUT2D eigenvalue weighted by atomic mass is 35.5. The van der Waals surface area contributed by atoms with Crippen LogP contribution < -0.4 is 4.90 Å². The van der Waals surface area contributed by atoms with Gasteiger partial charge >= 0.3 is 0 Å². The minimum atomic E-state index is -0.819. The molecule has 2 aromatic carbocycles. The van der Waals surface area contributed by atoms with Crippen LogP contribution in [-0.4, -0.2) is 21.8 Å². The van der Waals surface area contributed by atoms with E-state index in [0.717, 1.165) is 5.56 Å². The van der Waals surface area contributed by atoms with Crippen LogP contribution in [0, 0.1) is 0 Å². The topological polar surface area (TPSA) is 70.5 Å². The average molecular weight is 423 g/mol. The SMILES string of the molecule is O=C(C=Cc1ccccc1)C1=C(O)C(=O)N(c2nccs2)C1c1cccc(Cl)c1. The van der Waals surface area contributed by atoms with Gasteiger partial charge in [-0.3, -0.25) is 14.5 Å². The first-order chi connectivity index (χ1) is 14.1. The van der Waals surface area contributed by atoms with Crippen molar-refractivity contribution in [2.24, 2.45) is 0 Å². The van der Waals surface area contributed by atoms with E-state index < -0.39 is 23.5 Å². The molecule has 0 saturated heterocycles. The van der Waals surface area contributed by atoms with E-state index in [9.17, 15) is 14.7 Å². The Hall–Kier alpha value is -3.22. The summed E-state index contributed by atoms with van der Waals surface area (Å²) in [7, 11) is 0. The fourth-order valence-corrected chi connectivity index (χ4v) is 4.07. The van der Waals surface area contributed by atoms with E-state index in [-0.39, 0.29) is 5.57 Å². The Kier molecular flexibility index (Phi) is 5.29. The van der Waals surface area contributed by atoms with Crippen molar-refractivity contribution in [2.45, 2.75) is 6.04 Å². The lowest BCUT2D eigenvalue weighted by Gasteiger charge is -2.24. The molecule has 3 aromatic rings. The van der Waals surface area contributed by atoms with E-state index in [0.29, 0.717) is 15.7 Å². The molecule has 0 bridgehead atoms. The van der Waals surface area contributed by atoms with E-state index in [1.165, 1.54) is 22.3 Å². The lowest BCUT2D eigenvalue weighted by molar-refractivity contribution is -0.117. The van der Waals surface area contributed by atoms with Gasteiger partial charge < -0.3 is 5.11 Å². The number of anilines is 1. The number of rotatable bonds is 5. The van der Waals surface area contributed by atoms with E-state index in [1.54, 1.807) is 41.9 Å². The minimum Gasteiger partial charge on any atom is -0.503 e. The van der Waals surface area contributed by atoms with Crippen molar-refractivity contribution in [2.75, 3.05) is 4.90 Å². The van der Waals surface area contributed by atoms with Crippen molar-refractivity contribution in [3.8, 4) is 0 Å². The standard InChI is InChI=1S/C22H15ClN2O3S/c23-16-8-4-7-15(13-16)19-18(17(26)10-9-14-5-2-1-3-6-14)20(27)21(28)25(19)22-24-11-12-29-22/h1-13,19,27H. The number of carbonyl (C=O) groups is 2. The molecule has 1 atom stereocenters. The molecule has 29 heavy (non-hydrogen) atoms. The molecule has 144 valence electrons. The summed E-state index contributed by atoms with van der Waals surface area (Å²) in [6, 6.07) is 15.4. The minimum absolute atomic E-state index is 0.000326. The Balaban J connectivity index is 1.78. The molecule has 1 unspecified atom stereocenters. The van der Waals surface area contributed by atoms with E-state index in [1.807, 2.05) is 30.3 Å². The highest BCUT2D eigenvalue weighted by Gasteiger charge is 2.44. The normalized spacial score (nSPS) is 16.8. The van der Waals surface area contributed by atoms with Crippen molar-refractivity contribution in [1.82, 2.24) is 4.98 Å². The van der Waals surface area contributed by atoms with Gasteiger partial charge in [-0.25, -0.2) is 4.98 Å². The summed E-state index contributed by atoms with van der Waals surface area (Å²) in [5, 5.41) is 13.2. The van der Waals surface area contributed by atoms with Crippen LogP contribution in [0.25, 0.3) is 6.08 Å². The van der Waals surface area contributed by atoms with Crippen LogP contribution in [0.2, 0.25) is 5.02 Å². The van der Waals surface area contributed by atoms with Gasteiger partial charge in [0.15, 0.2) is 16.7 Å². The zero-order chi connectivity index (χ0) is 20.4. The van der Waals surface area contributed by atoms with Crippen molar-refractivity contribution < 1.29 is 14.7 Å². The molecular formula is C22H15ClN2O3S. The summed E-state index contributed by atoms with van der Waals surface area (Å²) < 4.78 is 0. The third-order valence-electron chi connectivity index (χ3n) is 4.49. The van der Waals surface area contributed by atoms with Crippen LogP contribution in [-0.2, 0) is 9.59 Å². The molecule has 5 nitrogen and oxygen atoms in total. The Morgan fingerprint density at radius 3 is 2.66 bits per heavy atom. The van der Waals surface area contributed by atoms with Crippen molar-refractivity contribution in [1.29, 1.82) is 0 Å². The molecule has 0 saturated carbocycles. The van der Waals surface area contributed by atoms with Crippen LogP contribution in [0.5, 0.6) is 0 Å². The summed E-state index contributed by atoms with van der Waals surface area (Å²) in [4.78, 5) is 31.4. The van der Waals surface area contributed by atoms with E-state index in [4.69, 9.17) is 11.6 Å². The molecule has 0 aliphatic carbocycles. The van der Waals surface area contributed by atoms with Gasteiger partial charge in [-0.05, 0) is 29.3 Å². The molecule has 0 fully saturated rings. The van der Waals surface area contributed by atoms with E-state index >= 15 is 0 Å². The number of hydrogen-bond acceptors (Lipinski definition) is 5. The second-order valence-electron chi connectivity index (χ2n) is 6.32. The zero-order valence-corrected chi connectivity index (χ0v) is 16.6. The molecular weight excluding hydrogens is 408 g/mol. The lowest BCUT2D eigenvalue weighted by atomic mass is 9.96. The molecule has 1 aromatic heterocycles. The van der Waals surface area contributed by atoms with Gasteiger partial charge in [-0.15, -0.1) is 11.3 Å². The second kappa shape index (κ2) is 8.03. The fraction of sp³-hybridized carbons (Fsp3) is 0.0455. The molecule has 2 heterocycles. The molecule has 4 rings (SSSR count). The monoisotopic (exact) mass is 422 g/mol. The Labute approximate surface area is 176 Å². The Morgan fingerprint density at radius 2 is 1.97 bits per heavy atom. The Bertz CT molecular complexity index is 1120. The molecule has 1 aliphatic heterocycles. The van der Waals surface area contributed by atoms with Crippen molar-refractivity contribution >= 4 is 45.8 Å². The molecule has 1 aliphatic rings. The second-order valence-corrected chi connectivity index (χ2v) is 7.63. The summed E-state index contributed by atoms with van der Waals surface area (Å²) in [6.07, 6.45) is 4.57. The van der Waals surface area contributed by atoms with Gasteiger partial charge in [0.05, 0.1) is 11.6 Å². The maximum Gasteiger partial charge on any atom is 0.296 e. The highest BCUT2D eigenvalue weighted by molar-refractivity contribution is 7.13. The van der Waals surface area contributed by atoms with Gasteiger partial charge in [-0.1, -0.05) is 60.1 Å². The number of hydrogen-bond donors (Lipinski definition) is 1. The summed E-state index contributed by atoms with van der Waals surface area (Å²) >= 11 is 7.39. The quantitative estimate of drug-likeness (QED) is 0.589. The lowest BCUT2D eigenvalue weighted by Crippen LogP contribution is -2.30. The van der Waals surface area contributed by atoms with Crippen LogP contribution >= 0.6 is 22.9 Å². The van der Waals surface area contributed by atoms with Crippen LogP contribution in [0.1, 0.15) is 17.2 Å². The summed E-state index contributed by atoms with van der Waals surface area (Å²) in [5.74, 6) is -1.70. The van der Waals surface area contributed by atoms with Crippen LogP contribution in [0.15, 0.2) is 83.6 Å².